The van der Waals surface area contributed by atoms with Crippen molar-refractivity contribution in [3.63, 3.8) is 0 Å². The van der Waals surface area contributed by atoms with E-state index in [4.69, 9.17) is 0 Å². The Labute approximate surface area is 146 Å². The third-order valence-electron chi connectivity index (χ3n) is 4.41. The molecule has 0 atom stereocenters. The van der Waals surface area contributed by atoms with Gasteiger partial charge in [0.15, 0.2) is 0 Å². The van der Waals surface area contributed by atoms with Crippen molar-refractivity contribution in [3.05, 3.63) is 59.4 Å². The molecule has 2 aromatic carbocycles. The average Bonchev–Trinajstić information content (AvgIpc) is 2.78. The van der Waals surface area contributed by atoms with Crippen molar-refractivity contribution in [1.82, 2.24) is 4.72 Å². The normalized spacial score (nSPS) is 15.7. The zero-order chi connectivity index (χ0) is 18.2. The van der Waals surface area contributed by atoms with Crippen molar-refractivity contribution in [1.29, 1.82) is 0 Å². The number of amides is 1. The van der Waals surface area contributed by atoms with Crippen LogP contribution in [0.15, 0.2) is 47.4 Å². The number of carbonyl (C=O) groups excluding carboxylic acids is 1. The number of benzene rings is 2. The molecule has 0 aromatic heterocycles. The van der Waals surface area contributed by atoms with Crippen molar-refractivity contribution in [2.24, 2.45) is 0 Å². The van der Waals surface area contributed by atoms with E-state index in [2.05, 4.69) is 10.0 Å². The van der Waals surface area contributed by atoms with E-state index in [0.717, 1.165) is 5.56 Å². The summed E-state index contributed by atoms with van der Waals surface area (Å²) in [5.41, 5.74) is 1.38. The number of halogens is 1. The summed E-state index contributed by atoms with van der Waals surface area (Å²) in [6, 6.07) is 10.6. The molecule has 3 rings (SSSR count). The van der Waals surface area contributed by atoms with Gasteiger partial charge in [0.2, 0.25) is 15.9 Å². The monoisotopic (exact) mass is 362 g/mol. The maximum absolute atomic E-state index is 12.9. The van der Waals surface area contributed by atoms with Crippen LogP contribution in [0.5, 0.6) is 0 Å². The first-order chi connectivity index (χ1) is 11.7. The van der Waals surface area contributed by atoms with Gasteiger partial charge in [0.05, 0.1) is 10.3 Å². The van der Waals surface area contributed by atoms with Crippen molar-refractivity contribution >= 4 is 21.6 Å². The van der Waals surface area contributed by atoms with Gasteiger partial charge in [-0.15, -0.1) is 0 Å². The van der Waals surface area contributed by atoms with Gasteiger partial charge in [-0.1, -0.05) is 12.1 Å². The molecule has 0 spiro atoms. The standard InChI is InChI=1S/C18H19FN2O3S/c1-18(2)15-11-14(7-8-16(15)21-17(18)22)25(23,24)20-10-9-12-3-5-13(19)6-4-12/h3-8,11,20H,9-10H2,1-2H3,(H,21,22). The third-order valence-corrected chi connectivity index (χ3v) is 5.87. The van der Waals surface area contributed by atoms with Gasteiger partial charge in [-0.3, -0.25) is 4.79 Å². The summed E-state index contributed by atoms with van der Waals surface area (Å²) in [5.74, 6) is -0.477. The van der Waals surface area contributed by atoms with E-state index in [-0.39, 0.29) is 23.2 Å². The highest BCUT2D eigenvalue weighted by atomic mass is 32.2. The molecule has 1 aliphatic rings. The predicted octanol–water partition coefficient (Wildman–Crippen LogP) is 2.58. The molecule has 1 heterocycles. The lowest BCUT2D eigenvalue weighted by atomic mass is 9.86. The van der Waals surface area contributed by atoms with Crippen LogP contribution in [0, 0.1) is 5.82 Å². The number of rotatable bonds is 5. The molecule has 0 saturated carbocycles. The van der Waals surface area contributed by atoms with Crippen molar-refractivity contribution < 1.29 is 17.6 Å². The third kappa shape index (κ3) is 3.43. The number of sulfonamides is 1. The van der Waals surface area contributed by atoms with Crippen LogP contribution in [0.4, 0.5) is 10.1 Å². The Kier molecular flexibility index (Phi) is 4.38. The van der Waals surface area contributed by atoms with Gasteiger partial charge in [0.25, 0.3) is 0 Å². The van der Waals surface area contributed by atoms with E-state index < -0.39 is 15.4 Å². The summed E-state index contributed by atoms with van der Waals surface area (Å²) in [6.07, 6.45) is 0.454. The van der Waals surface area contributed by atoms with Crippen molar-refractivity contribution in [3.8, 4) is 0 Å². The Hall–Kier alpha value is -2.25. The summed E-state index contributed by atoms with van der Waals surface area (Å²) in [5, 5.41) is 2.75. The molecule has 1 amide bonds. The zero-order valence-corrected chi connectivity index (χ0v) is 14.8. The summed E-state index contributed by atoms with van der Waals surface area (Å²) < 4.78 is 40.4. The number of hydrogen-bond acceptors (Lipinski definition) is 3. The van der Waals surface area contributed by atoms with Gasteiger partial charge >= 0.3 is 0 Å². The fraction of sp³-hybridized carbons (Fsp3) is 0.278. The summed E-state index contributed by atoms with van der Waals surface area (Å²) >= 11 is 0. The molecule has 0 aliphatic carbocycles. The topological polar surface area (TPSA) is 75.3 Å². The SMILES string of the molecule is CC1(C)C(=O)Nc2ccc(S(=O)(=O)NCCc3ccc(F)cc3)cc21. The van der Waals surface area contributed by atoms with Gasteiger partial charge in [-0.2, -0.15) is 0 Å². The molecule has 2 N–H and O–H groups in total. The van der Waals surface area contributed by atoms with Crippen LogP contribution in [0.2, 0.25) is 0 Å². The maximum atomic E-state index is 12.9. The highest BCUT2D eigenvalue weighted by Gasteiger charge is 2.39. The minimum atomic E-state index is -3.69. The van der Waals surface area contributed by atoms with E-state index in [1.165, 1.54) is 24.3 Å². The predicted molar refractivity (Wildman–Crippen MR) is 93.4 cm³/mol. The van der Waals surface area contributed by atoms with Crippen LogP contribution in [0.25, 0.3) is 0 Å². The van der Waals surface area contributed by atoms with Crippen LogP contribution in [0.1, 0.15) is 25.0 Å². The van der Waals surface area contributed by atoms with E-state index in [1.54, 1.807) is 32.0 Å². The summed E-state index contributed by atoms with van der Waals surface area (Å²) in [4.78, 5) is 12.1. The number of nitrogens with one attached hydrogen (secondary N) is 2. The van der Waals surface area contributed by atoms with Gasteiger partial charge in [-0.05, 0) is 61.7 Å². The van der Waals surface area contributed by atoms with Gasteiger partial charge < -0.3 is 5.32 Å². The highest BCUT2D eigenvalue weighted by molar-refractivity contribution is 7.89. The lowest BCUT2D eigenvalue weighted by molar-refractivity contribution is -0.119. The molecule has 1 aliphatic heterocycles. The Balaban J connectivity index is 1.74. The minimum Gasteiger partial charge on any atom is -0.325 e. The fourth-order valence-corrected chi connectivity index (χ4v) is 3.84. The molecule has 0 unspecified atom stereocenters. The minimum absolute atomic E-state index is 0.120. The van der Waals surface area contributed by atoms with Crippen LogP contribution in [-0.2, 0) is 26.7 Å². The van der Waals surface area contributed by atoms with Crippen molar-refractivity contribution in [2.75, 3.05) is 11.9 Å². The smallest absolute Gasteiger partial charge is 0.240 e. The van der Waals surface area contributed by atoms with Crippen LogP contribution in [0.3, 0.4) is 0 Å². The lowest BCUT2D eigenvalue weighted by Gasteiger charge is -2.16. The number of anilines is 1. The quantitative estimate of drug-likeness (QED) is 0.858. The molecule has 2 aromatic rings. The Morgan fingerprint density at radius 2 is 1.80 bits per heavy atom. The van der Waals surface area contributed by atoms with E-state index in [0.29, 0.717) is 17.7 Å². The first kappa shape index (κ1) is 17.6. The highest BCUT2D eigenvalue weighted by Crippen LogP contribution is 2.38. The van der Waals surface area contributed by atoms with Gasteiger partial charge in [0.1, 0.15) is 5.82 Å². The number of hydrogen-bond donors (Lipinski definition) is 2. The fourth-order valence-electron chi connectivity index (χ4n) is 2.78. The first-order valence-electron chi connectivity index (χ1n) is 7.90. The maximum Gasteiger partial charge on any atom is 0.240 e. The average molecular weight is 362 g/mol. The zero-order valence-electron chi connectivity index (χ0n) is 14.0. The lowest BCUT2D eigenvalue weighted by Crippen LogP contribution is -2.28. The number of fused-ring (bicyclic) bond motifs is 1. The molecule has 0 saturated heterocycles. The van der Waals surface area contributed by atoms with Gasteiger partial charge in [0, 0.05) is 12.2 Å². The second-order valence-electron chi connectivity index (χ2n) is 6.56. The Morgan fingerprint density at radius 1 is 1.12 bits per heavy atom. The Bertz CT molecular complexity index is 922. The van der Waals surface area contributed by atoms with Gasteiger partial charge in [-0.25, -0.2) is 17.5 Å². The summed E-state index contributed by atoms with van der Waals surface area (Å²) in [7, 11) is -3.69. The van der Waals surface area contributed by atoms with Crippen LogP contribution in [-0.4, -0.2) is 20.9 Å². The van der Waals surface area contributed by atoms with Crippen molar-refractivity contribution in [2.45, 2.75) is 30.6 Å². The largest absolute Gasteiger partial charge is 0.325 e. The second kappa shape index (κ2) is 6.24. The molecule has 5 nitrogen and oxygen atoms in total. The molecule has 0 fully saturated rings. The first-order valence-corrected chi connectivity index (χ1v) is 9.38. The molecule has 7 heteroatoms. The van der Waals surface area contributed by atoms with Crippen LogP contribution < -0.4 is 10.0 Å². The molecular formula is C18H19FN2O3S. The molecule has 132 valence electrons. The number of carbonyl (C=O) groups is 1. The molecule has 25 heavy (non-hydrogen) atoms. The van der Waals surface area contributed by atoms with E-state index >= 15 is 0 Å². The van der Waals surface area contributed by atoms with E-state index in [9.17, 15) is 17.6 Å². The molecule has 0 bridgehead atoms. The van der Waals surface area contributed by atoms with E-state index in [1.807, 2.05) is 0 Å². The Morgan fingerprint density at radius 3 is 2.48 bits per heavy atom. The molecular weight excluding hydrogens is 343 g/mol. The summed E-state index contributed by atoms with van der Waals surface area (Å²) in [6.45, 7) is 3.71. The second-order valence-corrected chi connectivity index (χ2v) is 8.33. The van der Waals surface area contributed by atoms with Crippen LogP contribution >= 0.6 is 0 Å². The molecule has 0 radical (unpaired) electrons.